The third kappa shape index (κ3) is 2.28. The molecule has 0 saturated carbocycles. The van der Waals surface area contributed by atoms with E-state index < -0.39 is 5.95 Å². The van der Waals surface area contributed by atoms with Crippen LogP contribution in [0, 0.1) is 9.52 Å². The molecule has 0 bridgehead atoms. The molecule has 0 aromatic carbocycles. The maximum atomic E-state index is 12.4. The van der Waals surface area contributed by atoms with E-state index in [1.165, 1.54) is 12.3 Å². The van der Waals surface area contributed by atoms with Gasteiger partial charge in [-0.1, -0.05) is 0 Å². The summed E-state index contributed by atoms with van der Waals surface area (Å²) in [6.45, 7) is 2.45. The Morgan fingerprint density at radius 2 is 2.45 bits per heavy atom. The maximum absolute atomic E-state index is 12.4. The van der Waals surface area contributed by atoms with Crippen LogP contribution in [-0.2, 0) is 0 Å². The van der Waals surface area contributed by atoms with Crippen molar-refractivity contribution in [3.05, 3.63) is 21.8 Å². The van der Waals surface area contributed by atoms with Gasteiger partial charge in [-0.2, -0.15) is 4.39 Å². The SMILES string of the molecule is CCOc1cnc(F)cc1I. The Bertz CT molecular complexity index is 254. The van der Waals surface area contributed by atoms with Crippen molar-refractivity contribution in [2.75, 3.05) is 6.61 Å². The van der Waals surface area contributed by atoms with Gasteiger partial charge in [-0.05, 0) is 29.5 Å². The third-order valence-corrected chi connectivity index (χ3v) is 1.93. The van der Waals surface area contributed by atoms with E-state index in [0.29, 0.717) is 12.4 Å². The standard InChI is InChI=1S/C7H7FINO/c1-2-11-6-4-10-7(8)3-5(6)9/h3-4H,2H2,1H3. The molecule has 0 amide bonds. The number of hydrogen-bond acceptors (Lipinski definition) is 2. The van der Waals surface area contributed by atoms with E-state index in [-0.39, 0.29) is 0 Å². The molecule has 1 rings (SSSR count). The second kappa shape index (κ2) is 3.85. The van der Waals surface area contributed by atoms with Crippen LogP contribution in [0.1, 0.15) is 6.92 Å². The van der Waals surface area contributed by atoms with E-state index in [1.54, 1.807) is 0 Å². The molecule has 0 radical (unpaired) electrons. The summed E-state index contributed by atoms with van der Waals surface area (Å²) in [7, 11) is 0. The van der Waals surface area contributed by atoms with E-state index in [9.17, 15) is 4.39 Å². The van der Waals surface area contributed by atoms with E-state index in [2.05, 4.69) is 4.98 Å². The lowest BCUT2D eigenvalue weighted by molar-refractivity contribution is 0.335. The fourth-order valence-electron chi connectivity index (χ4n) is 0.657. The summed E-state index contributed by atoms with van der Waals surface area (Å²) in [5.74, 6) is 0.160. The first-order valence-corrected chi connectivity index (χ1v) is 4.25. The zero-order chi connectivity index (χ0) is 8.27. The highest BCUT2D eigenvalue weighted by Gasteiger charge is 2.01. The Morgan fingerprint density at radius 1 is 1.73 bits per heavy atom. The van der Waals surface area contributed by atoms with Crippen LogP contribution in [0.2, 0.25) is 0 Å². The van der Waals surface area contributed by atoms with Crippen molar-refractivity contribution >= 4 is 22.6 Å². The molecule has 0 saturated heterocycles. The monoisotopic (exact) mass is 267 g/mol. The van der Waals surface area contributed by atoms with Gasteiger partial charge in [0.15, 0.2) is 5.75 Å². The molecule has 0 atom stereocenters. The van der Waals surface area contributed by atoms with Crippen LogP contribution < -0.4 is 4.74 Å². The summed E-state index contributed by atoms with van der Waals surface area (Å²) in [6.07, 6.45) is 1.39. The Labute approximate surface area is 77.9 Å². The van der Waals surface area contributed by atoms with Crippen molar-refractivity contribution in [2.24, 2.45) is 0 Å². The predicted molar refractivity (Wildman–Crippen MR) is 48.1 cm³/mol. The molecule has 0 fully saturated rings. The van der Waals surface area contributed by atoms with Crippen LogP contribution in [0.3, 0.4) is 0 Å². The Morgan fingerprint density at radius 3 is 3.00 bits per heavy atom. The molecule has 1 aromatic heterocycles. The van der Waals surface area contributed by atoms with Crippen LogP contribution >= 0.6 is 22.6 Å². The number of halogens is 2. The van der Waals surface area contributed by atoms with Gasteiger partial charge in [0, 0.05) is 6.07 Å². The molecular weight excluding hydrogens is 260 g/mol. The summed E-state index contributed by atoms with van der Waals surface area (Å²) in [4.78, 5) is 3.46. The largest absolute Gasteiger partial charge is 0.491 e. The molecule has 0 N–H and O–H groups in total. The van der Waals surface area contributed by atoms with E-state index in [4.69, 9.17) is 4.74 Å². The van der Waals surface area contributed by atoms with Crippen molar-refractivity contribution in [2.45, 2.75) is 6.92 Å². The van der Waals surface area contributed by atoms with Crippen molar-refractivity contribution in [1.82, 2.24) is 4.98 Å². The topological polar surface area (TPSA) is 22.1 Å². The molecule has 0 aliphatic rings. The van der Waals surface area contributed by atoms with Gasteiger partial charge in [-0.25, -0.2) is 4.98 Å². The second-order valence-corrected chi connectivity index (χ2v) is 3.03. The van der Waals surface area contributed by atoms with E-state index in [0.717, 1.165) is 3.57 Å². The first kappa shape index (κ1) is 8.70. The number of rotatable bonds is 2. The minimum Gasteiger partial charge on any atom is -0.491 e. The van der Waals surface area contributed by atoms with Crippen LogP contribution in [0.25, 0.3) is 0 Å². The van der Waals surface area contributed by atoms with Crippen LogP contribution in [0.4, 0.5) is 4.39 Å². The van der Waals surface area contributed by atoms with Crippen LogP contribution in [0.15, 0.2) is 12.3 Å². The molecule has 0 spiro atoms. The van der Waals surface area contributed by atoms with Crippen molar-refractivity contribution in [3.63, 3.8) is 0 Å². The molecule has 0 aliphatic carbocycles. The van der Waals surface area contributed by atoms with Crippen LogP contribution in [0.5, 0.6) is 5.75 Å². The summed E-state index contributed by atoms with van der Waals surface area (Å²) >= 11 is 2.00. The minimum atomic E-state index is -0.474. The molecule has 1 heterocycles. The van der Waals surface area contributed by atoms with Gasteiger partial charge in [0.2, 0.25) is 5.95 Å². The highest BCUT2D eigenvalue weighted by molar-refractivity contribution is 14.1. The van der Waals surface area contributed by atoms with Gasteiger partial charge in [0.05, 0.1) is 16.4 Å². The van der Waals surface area contributed by atoms with Gasteiger partial charge in [-0.15, -0.1) is 0 Å². The lowest BCUT2D eigenvalue weighted by Gasteiger charge is -2.03. The maximum Gasteiger partial charge on any atom is 0.214 e. The van der Waals surface area contributed by atoms with Crippen LogP contribution in [-0.4, -0.2) is 11.6 Å². The van der Waals surface area contributed by atoms with Crippen molar-refractivity contribution < 1.29 is 9.13 Å². The molecule has 1 aromatic rings. The van der Waals surface area contributed by atoms with Gasteiger partial charge in [0.1, 0.15) is 0 Å². The van der Waals surface area contributed by atoms with Gasteiger partial charge < -0.3 is 4.74 Å². The molecule has 0 unspecified atom stereocenters. The first-order chi connectivity index (χ1) is 5.24. The Hall–Kier alpha value is -0.390. The zero-order valence-corrected chi connectivity index (χ0v) is 8.13. The molecule has 11 heavy (non-hydrogen) atoms. The normalized spacial score (nSPS) is 9.73. The summed E-state index contributed by atoms with van der Waals surface area (Å²) in [5, 5.41) is 0. The number of ether oxygens (including phenoxy) is 1. The highest BCUT2D eigenvalue weighted by Crippen LogP contribution is 2.19. The lowest BCUT2D eigenvalue weighted by Crippen LogP contribution is -1.95. The predicted octanol–water partition coefficient (Wildman–Crippen LogP) is 2.22. The van der Waals surface area contributed by atoms with Gasteiger partial charge >= 0.3 is 0 Å². The average molecular weight is 267 g/mol. The van der Waals surface area contributed by atoms with E-state index >= 15 is 0 Å². The smallest absolute Gasteiger partial charge is 0.214 e. The van der Waals surface area contributed by atoms with Gasteiger partial charge in [0.25, 0.3) is 0 Å². The molecule has 0 aliphatic heterocycles. The number of aromatic nitrogens is 1. The second-order valence-electron chi connectivity index (χ2n) is 1.87. The van der Waals surface area contributed by atoms with E-state index in [1.807, 2.05) is 29.5 Å². The summed E-state index contributed by atoms with van der Waals surface area (Å²) in [6, 6.07) is 1.34. The highest BCUT2D eigenvalue weighted by atomic mass is 127. The molecule has 60 valence electrons. The molecule has 2 nitrogen and oxygen atoms in total. The summed E-state index contributed by atoms with van der Waals surface area (Å²) in [5.41, 5.74) is 0. The number of hydrogen-bond donors (Lipinski definition) is 0. The third-order valence-electron chi connectivity index (χ3n) is 1.09. The quantitative estimate of drug-likeness (QED) is 0.605. The first-order valence-electron chi connectivity index (χ1n) is 3.18. The van der Waals surface area contributed by atoms with Crippen molar-refractivity contribution in [1.29, 1.82) is 0 Å². The molecule has 4 heteroatoms. The number of nitrogens with zero attached hydrogens (tertiary/aromatic N) is 1. The summed E-state index contributed by atoms with van der Waals surface area (Å²) < 4.78 is 18.3. The average Bonchev–Trinajstić information content (AvgIpc) is 1.95. The van der Waals surface area contributed by atoms with Crippen molar-refractivity contribution in [3.8, 4) is 5.75 Å². The minimum absolute atomic E-state index is 0.474. The fourth-order valence-corrected chi connectivity index (χ4v) is 1.21. The Balaban J connectivity index is 2.90. The zero-order valence-electron chi connectivity index (χ0n) is 5.97. The number of pyridine rings is 1. The fraction of sp³-hybridized carbons (Fsp3) is 0.286. The molecular formula is C7H7FINO. The Kier molecular flexibility index (Phi) is 3.04. The van der Waals surface area contributed by atoms with Gasteiger partial charge in [-0.3, -0.25) is 0 Å². The lowest BCUT2D eigenvalue weighted by atomic mass is 10.4.